The Kier molecular flexibility index (Phi) is 4.53. The quantitative estimate of drug-likeness (QED) is 0.791. The van der Waals surface area contributed by atoms with Crippen LogP contribution in [0, 0.1) is 5.82 Å². The van der Waals surface area contributed by atoms with Crippen molar-refractivity contribution >= 4 is 6.03 Å². The predicted octanol–water partition coefficient (Wildman–Crippen LogP) is 1.43. The van der Waals surface area contributed by atoms with E-state index in [-0.39, 0.29) is 18.3 Å². The van der Waals surface area contributed by atoms with Crippen LogP contribution in [-0.4, -0.2) is 17.6 Å². The minimum Gasteiger partial charge on any atom is -0.338 e. The van der Waals surface area contributed by atoms with Crippen LogP contribution in [0.15, 0.2) is 18.3 Å². The van der Waals surface area contributed by atoms with Gasteiger partial charge in [0.1, 0.15) is 5.82 Å². The normalized spacial score (nSPS) is 9.73. The smallest absolute Gasteiger partial charge is 0.315 e. The molecule has 1 rings (SSSR count). The van der Waals surface area contributed by atoms with E-state index in [1.165, 1.54) is 18.3 Å². The Morgan fingerprint density at radius 2 is 2.33 bits per heavy atom. The topological polar surface area (TPSA) is 54.0 Å². The third-order valence-corrected chi connectivity index (χ3v) is 1.79. The predicted molar refractivity (Wildman–Crippen MR) is 54.7 cm³/mol. The number of pyridine rings is 1. The standard InChI is InChI=1S/C10H14FN3O/c1-2-5-13-10(15)14-7-9-8(11)4-3-6-12-9/h3-4,6H,2,5,7H2,1H3,(H2,13,14,15). The molecule has 0 aliphatic heterocycles. The van der Waals surface area contributed by atoms with Crippen molar-refractivity contribution in [3.05, 3.63) is 29.8 Å². The highest BCUT2D eigenvalue weighted by Gasteiger charge is 2.04. The zero-order valence-corrected chi connectivity index (χ0v) is 8.59. The number of halogens is 1. The maximum Gasteiger partial charge on any atom is 0.315 e. The molecule has 1 aromatic heterocycles. The first-order chi connectivity index (χ1) is 7.24. The van der Waals surface area contributed by atoms with Gasteiger partial charge in [0.2, 0.25) is 0 Å². The lowest BCUT2D eigenvalue weighted by Gasteiger charge is -2.06. The Morgan fingerprint density at radius 3 is 3.00 bits per heavy atom. The Bertz CT molecular complexity index is 330. The molecule has 5 heteroatoms. The largest absolute Gasteiger partial charge is 0.338 e. The van der Waals surface area contributed by atoms with Crippen molar-refractivity contribution in [3.63, 3.8) is 0 Å². The lowest BCUT2D eigenvalue weighted by molar-refractivity contribution is 0.240. The number of nitrogens with one attached hydrogen (secondary N) is 2. The molecule has 0 unspecified atom stereocenters. The molecule has 82 valence electrons. The van der Waals surface area contributed by atoms with Gasteiger partial charge in [0.15, 0.2) is 0 Å². The van der Waals surface area contributed by atoms with Gasteiger partial charge in [-0.15, -0.1) is 0 Å². The molecular weight excluding hydrogens is 197 g/mol. The van der Waals surface area contributed by atoms with Crippen molar-refractivity contribution in [3.8, 4) is 0 Å². The van der Waals surface area contributed by atoms with Gasteiger partial charge in [-0.1, -0.05) is 6.92 Å². The molecule has 1 aromatic rings. The van der Waals surface area contributed by atoms with Crippen molar-refractivity contribution in [1.29, 1.82) is 0 Å². The summed E-state index contributed by atoms with van der Waals surface area (Å²) in [6.45, 7) is 2.66. The fourth-order valence-corrected chi connectivity index (χ4v) is 1.01. The number of carbonyl (C=O) groups excluding carboxylic acids is 1. The monoisotopic (exact) mass is 211 g/mol. The average Bonchev–Trinajstić information content (AvgIpc) is 2.25. The first-order valence-corrected chi connectivity index (χ1v) is 4.85. The number of urea groups is 1. The third-order valence-electron chi connectivity index (χ3n) is 1.79. The van der Waals surface area contributed by atoms with Crippen LogP contribution < -0.4 is 10.6 Å². The molecule has 0 spiro atoms. The summed E-state index contributed by atoms with van der Waals surface area (Å²) < 4.78 is 13.1. The van der Waals surface area contributed by atoms with Gasteiger partial charge < -0.3 is 10.6 Å². The van der Waals surface area contributed by atoms with Crippen molar-refractivity contribution in [2.24, 2.45) is 0 Å². The molecule has 0 radical (unpaired) electrons. The molecule has 0 atom stereocenters. The van der Waals surface area contributed by atoms with Crippen LogP contribution in [0.5, 0.6) is 0 Å². The fourth-order valence-electron chi connectivity index (χ4n) is 1.01. The van der Waals surface area contributed by atoms with Gasteiger partial charge in [-0.2, -0.15) is 0 Å². The van der Waals surface area contributed by atoms with Crippen LogP contribution in [0.25, 0.3) is 0 Å². The van der Waals surface area contributed by atoms with Crippen LogP contribution in [0.3, 0.4) is 0 Å². The second-order valence-corrected chi connectivity index (χ2v) is 3.04. The Labute approximate surface area is 87.9 Å². The van der Waals surface area contributed by atoms with Gasteiger partial charge in [0.25, 0.3) is 0 Å². The van der Waals surface area contributed by atoms with E-state index in [0.29, 0.717) is 6.54 Å². The van der Waals surface area contributed by atoms with Crippen LogP contribution >= 0.6 is 0 Å². The lowest BCUT2D eigenvalue weighted by atomic mass is 10.3. The van der Waals surface area contributed by atoms with Gasteiger partial charge in [-0.25, -0.2) is 9.18 Å². The molecule has 0 fully saturated rings. The molecule has 0 aromatic carbocycles. The van der Waals surface area contributed by atoms with Crippen molar-refractivity contribution in [1.82, 2.24) is 15.6 Å². The fraction of sp³-hybridized carbons (Fsp3) is 0.400. The van der Waals surface area contributed by atoms with Crippen LogP contribution in [0.1, 0.15) is 19.0 Å². The minimum absolute atomic E-state index is 0.0994. The van der Waals surface area contributed by atoms with E-state index < -0.39 is 5.82 Å². The Morgan fingerprint density at radius 1 is 1.53 bits per heavy atom. The second-order valence-electron chi connectivity index (χ2n) is 3.04. The first-order valence-electron chi connectivity index (χ1n) is 4.85. The summed E-state index contributed by atoms with van der Waals surface area (Å²) in [6.07, 6.45) is 2.36. The highest BCUT2D eigenvalue weighted by molar-refractivity contribution is 5.73. The van der Waals surface area contributed by atoms with Gasteiger partial charge in [0, 0.05) is 12.7 Å². The number of aromatic nitrogens is 1. The zero-order chi connectivity index (χ0) is 11.1. The van der Waals surface area contributed by atoms with E-state index in [4.69, 9.17) is 0 Å². The molecule has 0 saturated heterocycles. The highest BCUT2D eigenvalue weighted by atomic mass is 19.1. The van der Waals surface area contributed by atoms with Gasteiger partial charge >= 0.3 is 6.03 Å². The number of carbonyl (C=O) groups is 1. The summed E-state index contributed by atoms with van der Waals surface area (Å²) in [5.41, 5.74) is 0.240. The molecule has 0 aliphatic rings. The van der Waals surface area contributed by atoms with Crippen LogP contribution in [0.2, 0.25) is 0 Å². The lowest BCUT2D eigenvalue weighted by Crippen LogP contribution is -2.35. The molecule has 4 nitrogen and oxygen atoms in total. The molecular formula is C10H14FN3O. The summed E-state index contributed by atoms with van der Waals surface area (Å²) >= 11 is 0. The first kappa shape index (κ1) is 11.4. The van der Waals surface area contributed by atoms with Crippen molar-refractivity contribution in [2.75, 3.05) is 6.54 Å². The zero-order valence-electron chi connectivity index (χ0n) is 8.59. The highest BCUT2D eigenvalue weighted by Crippen LogP contribution is 2.01. The van der Waals surface area contributed by atoms with Gasteiger partial charge in [-0.05, 0) is 18.6 Å². The summed E-state index contributed by atoms with van der Waals surface area (Å²) in [7, 11) is 0. The van der Waals surface area contributed by atoms with Crippen molar-refractivity contribution < 1.29 is 9.18 Å². The maximum absolute atomic E-state index is 13.1. The second kappa shape index (κ2) is 5.95. The number of amides is 2. The Hall–Kier alpha value is -1.65. The summed E-state index contributed by atoms with van der Waals surface area (Å²) in [6, 6.07) is 2.52. The van der Waals surface area contributed by atoms with E-state index in [9.17, 15) is 9.18 Å². The van der Waals surface area contributed by atoms with Gasteiger partial charge in [0.05, 0.1) is 12.2 Å². The average molecular weight is 211 g/mol. The van der Waals surface area contributed by atoms with E-state index in [1.807, 2.05) is 6.92 Å². The number of hydrogen-bond donors (Lipinski definition) is 2. The van der Waals surface area contributed by atoms with Crippen LogP contribution in [0.4, 0.5) is 9.18 Å². The van der Waals surface area contributed by atoms with Gasteiger partial charge in [-0.3, -0.25) is 4.98 Å². The van der Waals surface area contributed by atoms with E-state index in [1.54, 1.807) is 0 Å². The maximum atomic E-state index is 13.1. The summed E-state index contributed by atoms with van der Waals surface area (Å²) in [4.78, 5) is 14.9. The van der Waals surface area contributed by atoms with E-state index in [2.05, 4.69) is 15.6 Å². The molecule has 15 heavy (non-hydrogen) atoms. The van der Waals surface area contributed by atoms with Crippen LogP contribution in [-0.2, 0) is 6.54 Å². The summed E-state index contributed by atoms with van der Waals surface area (Å²) in [5, 5.41) is 5.14. The molecule has 2 N–H and O–H groups in total. The molecule has 0 aliphatic carbocycles. The van der Waals surface area contributed by atoms with Crippen molar-refractivity contribution in [2.45, 2.75) is 19.9 Å². The molecule has 0 bridgehead atoms. The van der Waals surface area contributed by atoms with E-state index in [0.717, 1.165) is 6.42 Å². The molecule has 1 heterocycles. The van der Waals surface area contributed by atoms with E-state index >= 15 is 0 Å². The molecule has 0 saturated carbocycles. The summed E-state index contributed by atoms with van der Waals surface area (Å²) in [5.74, 6) is -0.409. The Balaban J connectivity index is 2.37. The SMILES string of the molecule is CCCNC(=O)NCc1ncccc1F. The number of rotatable bonds is 4. The number of nitrogens with zero attached hydrogens (tertiary/aromatic N) is 1. The minimum atomic E-state index is -0.409. The third kappa shape index (κ3) is 3.93. The number of hydrogen-bond acceptors (Lipinski definition) is 2. The molecule has 2 amide bonds.